The highest BCUT2D eigenvalue weighted by molar-refractivity contribution is 6.09. The quantitative estimate of drug-likeness (QED) is 0.622. The van der Waals surface area contributed by atoms with E-state index in [2.05, 4.69) is 5.32 Å². The van der Waals surface area contributed by atoms with E-state index in [1.807, 2.05) is 13.0 Å². The normalized spacial score (nSPS) is 17.3. The van der Waals surface area contributed by atoms with Gasteiger partial charge in [-0.15, -0.1) is 0 Å². The summed E-state index contributed by atoms with van der Waals surface area (Å²) in [7, 11) is 0. The molecular formula is C26H25N3O6. The smallest absolute Gasteiger partial charge is 0.291 e. The first kappa shape index (κ1) is 22.7. The van der Waals surface area contributed by atoms with Crippen LogP contribution in [-0.2, 0) is 9.53 Å². The van der Waals surface area contributed by atoms with Gasteiger partial charge in [0.2, 0.25) is 0 Å². The number of hydrogen-bond acceptors (Lipinski definition) is 6. The van der Waals surface area contributed by atoms with Gasteiger partial charge in [-0.2, -0.15) is 0 Å². The van der Waals surface area contributed by atoms with Crippen molar-refractivity contribution in [2.24, 2.45) is 0 Å². The van der Waals surface area contributed by atoms with Gasteiger partial charge in [-0.3, -0.25) is 14.4 Å². The molecule has 1 aromatic heterocycles. The Kier molecular flexibility index (Phi) is 6.24. The summed E-state index contributed by atoms with van der Waals surface area (Å²) in [5.41, 5.74) is 2.26. The fourth-order valence-corrected chi connectivity index (χ4v) is 4.18. The van der Waals surface area contributed by atoms with Crippen molar-refractivity contribution >= 4 is 29.1 Å². The van der Waals surface area contributed by atoms with Crippen LogP contribution >= 0.6 is 0 Å². The Morgan fingerprint density at radius 2 is 1.80 bits per heavy atom. The second-order valence-electron chi connectivity index (χ2n) is 8.39. The van der Waals surface area contributed by atoms with Crippen molar-refractivity contribution in [1.82, 2.24) is 4.90 Å². The van der Waals surface area contributed by atoms with Gasteiger partial charge < -0.3 is 29.0 Å². The molecule has 3 aromatic rings. The van der Waals surface area contributed by atoms with Gasteiger partial charge in [-0.05, 0) is 48.9 Å². The highest BCUT2D eigenvalue weighted by Crippen LogP contribution is 2.35. The summed E-state index contributed by atoms with van der Waals surface area (Å²) in [6.45, 7) is 3.86. The zero-order valence-corrected chi connectivity index (χ0v) is 19.2. The van der Waals surface area contributed by atoms with E-state index in [0.717, 1.165) is 5.56 Å². The number of hydrogen-bond donors (Lipinski definition) is 1. The lowest BCUT2D eigenvalue weighted by molar-refractivity contribution is -0.142. The molecule has 0 spiro atoms. The number of nitrogens with zero attached hydrogens (tertiary/aromatic N) is 2. The van der Waals surface area contributed by atoms with E-state index in [0.29, 0.717) is 49.0 Å². The first-order valence-electron chi connectivity index (χ1n) is 11.4. The minimum absolute atomic E-state index is 0.0774. The number of fused-ring (bicyclic) bond motifs is 1. The minimum Gasteiger partial charge on any atom is -0.476 e. The average molecular weight is 476 g/mol. The number of rotatable bonds is 4. The van der Waals surface area contributed by atoms with Crippen molar-refractivity contribution in [2.75, 3.05) is 43.1 Å². The predicted molar refractivity (Wildman–Crippen MR) is 128 cm³/mol. The summed E-state index contributed by atoms with van der Waals surface area (Å²) in [5, 5.41) is 2.80. The van der Waals surface area contributed by atoms with Gasteiger partial charge in [0, 0.05) is 24.3 Å². The number of anilines is 2. The third kappa shape index (κ3) is 4.63. The van der Waals surface area contributed by atoms with Crippen LogP contribution in [0, 0.1) is 6.92 Å². The zero-order chi connectivity index (χ0) is 24.4. The van der Waals surface area contributed by atoms with Gasteiger partial charge in [0.25, 0.3) is 17.7 Å². The Morgan fingerprint density at radius 1 is 1.00 bits per heavy atom. The number of carbonyl (C=O) groups is 3. The number of nitrogens with one attached hydrogen (secondary N) is 1. The summed E-state index contributed by atoms with van der Waals surface area (Å²) in [6.07, 6.45) is 0.599. The van der Waals surface area contributed by atoms with Crippen LogP contribution in [0.25, 0.3) is 0 Å². The molecule has 1 unspecified atom stereocenters. The molecule has 1 saturated heterocycles. The second kappa shape index (κ2) is 9.63. The molecule has 0 saturated carbocycles. The Morgan fingerprint density at radius 3 is 2.57 bits per heavy atom. The van der Waals surface area contributed by atoms with E-state index < -0.39 is 12.0 Å². The van der Waals surface area contributed by atoms with Crippen molar-refractivity contribution in [3.8, 4) is 5.75 Å². The van der Waals surface area contributed by atoms with E-state index in [1.54, 1.807) is 58.3 Å². The lowest BCUT2D eigenvalue weighted by Crippen LogP contribution is -2.54. The molecule has 1 atom stereocenters. The average Bonchev–Trinajstić information content (AvgIpc) is 3.44. The highest BCUT2D eigenvalue weighted by Gasteiger charge is 2.36. The molecule has 2 aliphatic rings. The molecule has 0 bridgehead atoms. The topological polar surface area (TPSA) is 101 Å². The maximum Gasteiger partial charge on any atom is 0.291 e. The van der Waals surface area contributed by atoms with Crippen molar-refractivity contribution in [3.63, 3.8) is 0 Å². The fraction of sp³-hybridized carbons (Fsp3) is 0.269. The van der Waals surface area contributed by atoms with Crippen molar-refractivity contribution < 1.29 is 28.3 Å². The summed E-state index contributed by atoms with van der Waals surface area (Å²) >= 11 is 0. The molecule has 1 fully saturated rings. The van der Waals surface area contributed by atoms with Crippen LogP contribution in [-0.4, -0.2) is 61.6 Å². The van der Waals surface area contributed by atoms with E-state index in [-0.39, 0.29) is 24.1 Å². The zero-order valence-electron chi connectivity index (χ0n) is 19.2. The molecule has 2 aromatic carbocycles. The number of benzene rings is 2. The summed E-state index contributed by atoms with van der Waals surface area (Å²) in [4.78, 5) is 42.6. The number of furan rings is 1. The Labute approximate surface area is 202 Å². The molecule has 3 heterocycles. The SMILES string of the molecule is Cc1ccc(C(=O)N2CC(C(=O)N3CCOCC3)Oc3ccccc32)cc1NC(=O)c1ccco1. The van der Waals surface area contributed by atoms with E-state index in [9.17, 15) is 14.4 Å². The number of amides is 3. The van der Waals surface area contributed by atoms with Crippen LogP contribution in [0.3, 0.4) is 0 Å². The van der Waals surface area contributed by atoms with Crippen LogP contribution in [0.2, 0.25) is 0 Å². The number of carbonyl (C=O) groups excluding carboxylic acids is 3. The van der Waals surface area contributed by atoms with Crippen molar-refractivity contribution in [2.45, 2.75) is 13.0 Å². The predicted octanol–water partition coefficient (Wildman–Crippen LogP) is 3.11. The van der Waals surface area contributed by atoms with Gasteiger partial charge in [-0.25, -0.2) is 0 Å². The summed E-state index contributed by atoms with van der Waals surface area (Å²) in [6, 6.07) is 15.5. The molecule has 3 amide bonds. The fourth-order valence-electron chi connectivity index (χ4n) is 4.18. The highest BCUT2D eigenvalue weighted by atomic mass is 16.5. The molecule has 9 nitrogen and oxygen atoms in total. The van der Waals surface area contributed by atoms with Crippen molar-refractivity contribution in [1.29, 1.82) is 0 Å². The van der Waals surface area contributed by atoms with Crippen molar-refractivity contribution in [3.05, 3.63) is 77.7 Å². The molecule has 0 radical (unpaired) electrons. The minimum atomic E-state index is -0.824. The van der Waals surface area contributed by atoms with E-state index in [4.69, 9.17) is 13.9 Å². The molecule has 5 rings (SSSR count). The van der Waals surface area contributed by atoms with Crippen LogP contribution in [0.4, 0.5) is 11.4 Å². The lowest BCUT2D eigenvalue weighted by Gasteiger charge is -2.37. The maximum absolute atomic E-state index is 13.7. The third-order valence-electron chi connectivity index (χ3n) is 6.09. The van der Waals surface area contributed by atoms with E-state index in [1.165, 1.54) is 6.26 Å². The maximum atomic E-state index is 13.7. The van der Waals surface area contributed by atoms with Gasteiger partial charge in [0.05, 0.1) is 31.7 Å². The lowest BCUT2D eigenvalue weighted by atomic mass is 10.1. The molecule has 9 heteroatoms. The first-order chi connectivity index (χ1) is 17.0. The first-order valence-corrected chi connectivity index (χ1v) is 11.4. The summed E-state index contributed by atoms with van der Waals surface area (Å²) < 4.78 is 16.5. The van der Waals surface area contributed by atoms with Gasteiger partial charge >= 0.3 is 0 Å². The number of aryl methyl sites for hydroxylation is 1. The molecular weight excluding hydrogens is 450 g/mol. The van der Waals surface area contributed by atoms with Gasteiger partial charge in [0.1, 0.15) is 5.75 Å². The number of para-hydroxylation sites is 2. The Balaban J connectivity index is 1.41. The monoisotopic (exact) mass is 475 g/mol. The van der Waals surface area contributed by atoms with Crippen LogP contribution in [0.15, 0.2) is 65.3 Å². The summed E-state index contributed by atoms with van der Waals surface area (Å²) in [5.74, 6) is -0.231. The molecule has 35 heavy (non-hydrogen) atoms. The number of ether oxygens (including phenoxy) is 2. The Hall–Kier alpha value is -4.11. The van der Waals surface area contributed by atoms with Crippen LogP contribution in [0.1, 0.15) is 26.5 Å². The van der Waals surface area contributed by atoms with Crippen LogP contribution < -0.4 is 15.0 Å². The standard InChI is InChI=1S/C26H25N3O6/c1-17-8-9-18(15-19(17)27-24(30)22-7-4-12-34-22)25(31)29-16-23(26(32)28-10-13-33-14-11-28)35-21-6-3-2-5-20(21)29/h2-9,12,15,23H,10-11,13-14,16H2,1H3,(H,27,30). The molecule has 2 aliphatic heterocycles. The molecule has 1 N–H and O–H groups in total. The van der Waals surface area contributed by atoms with E-state index >= 15 is 0 Å². The number of morpholine rings is 1. The third-order valence-corrected chi connectivity index (χ3v) is 6.09. The largest absolute Gasteiger partial charge is 0.476 e. The van der Waals surface area contributed by atoms with Gasteiger partial charge in [0.15, 0.2) is 11.9 Å². The Bertz CT molecular complexity index is 1250. The second-order valence-corrected chi connectivity index (χ2v) is 8.39. The van der Waals surface area contributed by atoms with Gasteiger partial charge in [-0.1, -0.05) is 18.2 Å². The van der Waals surface area contributed by atoms with Crippen LogP contribution in [0.5, 0.6) is 5.75 Å². The molecule has 0 aliphatic carbocycles. The molecule has 180 valence electrons.